The molecular formula is C13H27NO2. The Hall–Kier alpha value is -0.120. The monoisotopic (exact) mass is 229 g/mol. The topological polar surface area (TPSA) is 32.7 Å². The molecule has 0 radical (unpaired) electrons. The minimum atomic E-state index is -0.0394. The highest BCUT2D eigenvalue weighted by molar-refractivity contribution is 4.80. The Morgan fingerprint density at radius 1 is 1.25 bits per heavy atom. The molecule has 1 aliphatic carbocycles. The lowest BCUT2D eigenvalue weighted by molar-refractivity contribution is -0.0232. The van der Waals surface area contributed by atoms with E-state index in [1.807, 2.05) is 0 Å². The molecular weight excluding hydrogens is 202 g/mol. The van der Waals surface area contributed by atoms with Crippen molar-refractivity contribution in [1.29, 1.82) is 0 Å². The summed E-state index contributed by atoms with van der Waals surface area (Å²) in [5.74, 6) is 0. The van der Waals surface area contributed by atoms with E-state index < -0.39 is 0 Å². The molecule has 0 heterocycles. The van der Waals surface area contributed by atoms with Gasteiger partial charge in [0.15, 0.2) is 0 Å². The molecule has 1 fully saturated rings. The van der Waals surface area contributed by atoms with Gasteiger partial charge < -0.3 is 9.84 Å². The van der Waals surface area contributed by atoms with Crippen LogP contribution in [0.1, 0.15) is 46.5 Å². The Balaban J connectivity index is 2.21. The first-order chi connectivity index (χ1) is 7.53. The first-order valence-corrected chi connectivity index (χ1v) is 6.52. The lowest BCUT2D eigenvalue weighted by Crippen LogP contribution is -2.43. The smallest absolute Gasteiger partial charge is 0.0600 e. The highest BCUT2D eigenvalue weighted by atomic mass is 16.5. The standard InChI is InChI=1S/C13H27NO2/c1-13(2,3)16-11-9-14(8-5-10-15)12-6-4-7-12/h12,15H,4-11H2,1-3H3. The molecule has 0 aliphatic heterocycles. The molecule has 3 heteroatoms. The van der Waals surface area contributed by atoms with Gasteiger partial charge in [-0.25, -0.2) is 0 Å². The Bertz CT molecular complexity index is 185. The van der Waals surface area contributed by atoms with Crippen molar-refractivity contribution in [3.05, 3.63) is 0 Å². The van der Waals surface area contributed by atoms with Gasteiger partial charge in [0.05, 0.1) is 12.2 Å². The van der Waals surface area contributed by atoms with Gasteiger partial charge in [0, 0.05) is 25.7 Å². The summed E-state index contributed by atoms with van der Waals surface area (Å²) in [7, 11) is 0. The summed E-state index contributed by atoms with van der Waals surface area (Å²) >= 11 is 0. The Kier molecular flexibility index (Phi) is 5.73. The largest absolute Gasteiger partial charge is 0.396 e. The van der Waals surface area contributed by atoms with Crippen molar-refractivity contribution in [3.63, 3.8) is 0 Å². The number of nitrogens with zero attached hydrogens (tertiary/aromatic N) is 1. The molecule has 1 saturated carbocycles. The molecule has 1 rings (SSSR count). The fourth-order valence-corrected chi connectivity index (χ4v) is 1.97. The van der Waals surface area contributed by atoms with Crippen LogP contribution in [0.5, 0.6) is 0 Å². The average molecular weight is 229 g/mol. The van der Waals surface area contributed by atoms with Crippen molar-refractivity contribution >= 4 is 0 Å². The van der Waals surface area contributed by atoms with Crippen molar-refractivity contribution in [1.82, 2.24) is 4.90 Å². The highest BCUT2D eigenvalue weighted by Crippen LogP contribution is 2.24. The number of rotatable bonds is 7. The molecule has 16 heavy (non-hydrogen) atoms. The molecule has 0 saturated heterocycles. The zero-order valence-corrected chi connectivity index (χ0v) is 11.0. The fraction of sp³-hybridized carbons (Fsp3) is 1.00. The van der Waals surface area contributed by atoms with Crippen LogP contribution in [-0.2, 0) is 4.74 Å². The van der Waals surface area contributed by atoms with Crippen molar-refractivity contribution in [2.75, 3.05) is 26.3 Å². The molecule has 0 aromatic rings. The first kappa shape index (κ1) is 13.9. The lowest BCUT2D eigenvalue weighted by atomic mass is 9.91. The molecule has 1 N–H and O–H groups in total. The average Bonchev–Trinajstić information content (AvgIpc) is 2.08. The van der Waals surface area contributed by atoms with E-state index >= 15 is 0 Å². The van der Waals surface area contributed by atoms with Crippen molar-refractivity contribution in [3.8, 4) is 0 Å². The zero-order chi connectivity index (χ0) is 12.0. The first-order valence-electron chi connectivity index (χ1n) is 6.52. The lowest BCUT2D eigenvalue weighted by Gasteiger charge is -2.38. The van der Waals surface area contributed by atoms with E-state index in [0.29, 0.717) is 6.61 Å². The van der Waals surface area contributed by atoms with E-state index in [1.54, 1.807) is 0 Å². The summed E-state index contributed by atoms with van der Waals surface area (Å²) in [5.41, 5.74) is -0.0394. The predicted molar refractivity (Wildman–Crippen MR) is 66.6 cm³/mol. The van der Waals surface area contributed by atoms with Gasteiger partial charge in [0.25, 0.3) is 0 Å². The fourth-order valence-electron chi connectivity index (χ4n) is 1.97. The van der Waals surface area contributed by atoms with Crippen LogP contribution >= 0.6 is 0 Å². The molecule has 0 aromatic carbocycles. The normalized spacial score (nSPS) is 17.8. The summed E-state index contributed by atoms with van der Waals surface area (Å²) in [6.07, 6.45) is 4.88. The third-order valence-corrected chi connectivity index (χ3v) is 3.11. The van der Waals surface area contributed by atoms with Crippen LogP contribution in [0.15, 0.2) is 0 Å². The van der Waals surface area contributed by atoms with Crippen molar-refractivity contribution < 1.29 is 9.84 Å². The molecule has 0 atom stereocenters. The summed E-state index contributed by atoms with van der Waals surface area (Å²) in [6.45, 7) is 9.38. The van der Waals surface area contributed by atoms with Gasteiger partial charge in [0.1, 0.15) is 0 Å². The van der Waals surface area contributed by atoms with E-state index in [-0.39, 0.29) is 5.60 Å². The van der Waals surface area contributed by atoms with E-state index in [2.05, 4.69) is 25.7 Å². The number of aliphatic hydroxyl groups excluding tert-OH is 1. The number of hydrogen-bond acceptors (Lipinski definition) is 3. The molecule has 96 valence electrons. The molecule has 1 aliphatic rings. The van der Waals surface area contributed by atoms with Crippen LogP contribution in [0.4, 0.5) is 0 Å². The van der Waals surface area contributed by atoms with Gasteiger partial charge in [0.2, 0.25) is 0 Å². The Morgan fingerprint density at radius 2 is 1.94 bits per heavy atom. The molecule has 3 nitrogen and oxygen atoms in total. The SMILES string of the molecule is CC(C)(C)OCCN(CCCO)C1CCC1. The molecule has 0 aromatic heterocycles. The minimum Gasteiger partial charge on any atom is -0.396 e. The van der Waals surface area contributed by atoms with Gasteiger partial charge in [-0.05, 0) is 40.0 Å². The van der Waals surface area contributed by atoms with Crippen LogP contribution in [0.25, 0.3) is 0 Å². The second-order valence-electron chi connectivity index (χ2n) is 5.66. The second-order valence-corrected chi connectivity index (χ2v) is 5.66. The van der Waals surface area contributed by atoms with E-state index in [4.69, 9.17) is 9.84 Å². The van der Waals surface area contributed by atoms with Gasteiger partial charge >= 0.3 is 0 Å². The molecule has 0 unspecified atom stereocenters. The van der Waals surface area contributed by atoms with E-state index in [9.17, 15) is 0 Å². The Morgan fingerprint density at radius 3 is 2.38 bits per heavy atom. The molecule has 0 amide bonds. The van der Waals surface area contributed by atoms with Gasteiger partial charge in [-0.1, -0.05) is 6.42 Å². The summed E-state index contributed by atoms with van der Waals surface area (Å²) < 4.78 is 5.75. The zero-order valence-electron chi connectivity index (χ0n) is 11.0. The van der Waals surface area contributed by atoms with Gasteiger partial charge in [-0.3, -0.25) is 4.90 Å². The highest BCUT2D eigenvalue weighted by Gasteiger charge is 2.24. The van der Waals surface area contributed by atoms with E-state index in [1.165, 1.54) is 19.3 Å². The maximum absolute atomic E-state index is 8.88. The van der Waals surface area contributed by atoms with Gasteiger partial charge in [-0.2, -0.15) is 0 Å². The predicted octanol–water partition coefficient (Wildman–Crippen LogP) is 2.04. The quantitative estimate of drug-likeness (QED) is 0.725. The van der Waals surface area contributed by atoms with Crippen LogP contribution in [-0.4, -0.2) is 48.0 Å². The Labute approximate surface area is 99.8 Å². The summed E-state index contributed by atoms with van der Waals surface area (Å²) in [5, 5.41) is 8.88. The van der Waals surface area contributed by atoms with Crippen LogP contribution in [0, 0.1) is 0 Å². The van der Waals surface area contributed by atoms with Crippen LogP contribution in [0.2, 0.25) is 0 Å². The van der Waals surface area contributed by atoms with Crippen LogP contribution in [0.3, 0.4) is 0 Å². The maximum Gasteiger partial charge on any atom is 0.0600 e. The van der Waals surface area contributed by atoms with Crippen molar-refractivity contribution in [2.24, 2.45) is 0 Å². The number of aliphatic hydroxyl groups is 1. The van der Waals surface area contributed by atoms with E-state index in [0.717, 1.165) is 32.2 Å². The maximum atomic E-state index is 8.88. The van der Waals surface area contributed by atoms with Gasteiger partial charge in [-0.15, -0.1) is 0 Å². The second kappa shape index (κ2) is 6.58. The molecule has 0 spiro atoms. The minimum absolute atomic E-state index is 0.0394. The third kappa shape index (κ3) is 5.28. The third-order valence-electron chi connectivity index (χ3n) is 3.11. The summed E-state index contributed by atoms with van der Waals surface area (Å²) in [4.78, 5) is 2.48. The van der Waals surface area contributed by atoms with Crippen molar-refractivity contribution in [2.45, 2.75) is 58.1 Å². The summed E-state index contributed by atoms with van der Waals surface area (Å²) in [6, 6.07) is 0.745. The number of hydrogen-bond donors (Lipinski definition) is 1. The number of ether oxygens (including phenoxy) is 1. The molecule has 0 bridgehead atoms. The van der Waals surface area contributed by atoms with Crippen LogP contribution < -0.4 is 0 Å².